The van der Waals surface area contributed by atoms with Gasteiger partial charge in [-0.05, 0) is 53.5 Å². The standard InChI is InChI=1S/C18H23N5OS/c24-18(19-15-2-1-3-15)17-21-20-16-6-13-8-22(7-12-4-5-25-11-12)9-14(13)10-23(16)17/h4-5,11,13-15H,1-3,6-10H2,(H,19,24). The van der Waals surface area contributed by atoms with Gasteiger partial charge in [-0.25, -0.2) is 0 Å². The molecular formula is C18H23N5OS. The molecule has 0 spiro atoms. The van der Waals surface area contributed by atoms with Gasteiger partial charge in [0, 0.05) is 38.6 Å². The molecule has 4 heterocycles. The zero-order valence-electron chi connectivity index (χ0n) is 14.2. The molecule has 1 amide bonds. The van der Waals surface area contributed by atoms with Crippen molar-refractivity contribution in [2.45, 2.75) is 44.8 Å². The molecule has 0 aromatic carbocycles. The van der Waals surface area contributed by atoms with Gasteiger partial charge in [-0.1, -0.05) is 0 Å². The summed E-state index contributed by atoms with van der Waals surface area (Å²) in [7, 11) is 0. The predicted molar refractivity (Wildman–Crippen MR) is 95.4 cm³/mol. The van der Waals surface area contributed by atoms with Crippen LogP contribution in [0.3, 0.4) is 0 Å². The zero-order valence-corrected chi connectivity index (χ0v) is 15.0. The van der Waals surface area contributed by atoms with Crippen LogP contribution in [0, 0.1) is 11.8 Å². The number of rotatable bonds is 4. The maximum Gasteiger partial charge on any atom is 0.289 e. The van der Waals surface area contributed by atoms with E-state index < -0.39 is 0 Å². The first-order valence-electron chi connectivity index (χ1n) is 9.22. The van der Waals surface area contributed by atoms with Crippen molar-refractivity contribution in [1.82, 2.24) is 25.0 Å². The molecule has 2 aliphatic heterocycles. The number of nitrogens with one attached hydrogen (secondary N) is 1. The van der Waals surface area contributed by atoms with Crippen LogP contribution >= 0.6 is 11.3 Å². The third-order valence-corrected chi connectivity index (χ3v) is 6.70. The Kier molecular flexibility index (Phi) is 3.86. The molecule has 2 atom stereocenters. The average molecular weight is 357 g/mol. The molecule has 6 nitrogen and oxygen atoms in total. The van der Waals surface area contributed by atoms with E-state index in [0.29, 0.717) is 23.7 Å². The van der Waals surface area contributed by atoms with Crippen LogP contribution in [0.5, 0.6) is 0 Å². The van der Waals surface area contributed by atoms with Crippen LogP contribution in [-0.4, -0.2) is 44.7 Å². The smallest absolute Gasteiger partial charge is 0.289 e. The Labute approximate surface area is 151 Å². The molecule has 2 aromatic rings. The van der Waals surface area contributed by atoms with Gasteiger partial charge in [-0.2, -0.15) is 11.3 Å². The highest BCUT2D eigenvalue weighted by Crippen LogP contribution is 2.33. The van der Waals surface area contributed by atoms with Crippen LogP contribution in [0.15, 0.2) is 16.8 Å². The average Bonchev–Trinajstić information content (AvgIpc) is 3.27. The lowest BCUT2D eigenvalue weighted by molar-refractivity contribution is 0.0898. The van der Waals surface area contributed by atoms with Crippen molar-refractivity contribution in [3.8, 4) is 0 Å². The Morgan fingerprint density at radius 3 is 2.88 bits per heavy atom. The summed E-state index contributed by atoms with van der Waals surface area (Å²) in [4.78, 5) is 15.1. The van der Waals surface area contributed by atoms with Gasteiger partial charge in [0.2, 0.25) is 5.82 Å². The van der Waals surface area contributed by atoms with Crippen molar-refractivity contribution in [2.75, 3.05) is 13.1 Å². The number of carbonyl (C=O) groups excluding carboxylic acids is 1. The van der Waals surface area contributed by atoms with Crippen LogP contribution in [-0.2, 0) is 19.5 Å². The molecule has 5 rings (SSSR count). The van der Waals surface area contributed by atoms with E-state index in [1.807, 2.05) is 0 Å². The van der Waals surface area contributed by atoms with Gasteiger partial charge in [0.05, 0.1) is 0 Å². The molecule has 0 bridgehead atoms. The molecule has 1 saturated heterocycles. The highest BCUT2D eigenvalue weighted by molar-refractivity contribution is 7.07. The first-order chi connectivity index (χ1) is 12.3. The van der Waals surface area contributed by atoms with E-state index in [-0.39, 0.29) is 5.91 Å². The third kappa shape index (κ3) is 2.89. The SMILES string of the molecule is O=C(NC1CCC1)c1nnc2n1CC1CN(Cc3ccsc3)CC1C2. The molecule has 1 aliphatic carbocycles. The normalized spacial score (nSPS) is 26.1. The van der Waals surface area contributed by atoms with Crippen molar-refractivity contribution >= 4 is 17.2 Å². The van der Waals surface area contributed by atoms with E-state index in [1.165, 1.54) is 12.0 Å². The molecular weight excluding hydrogens is 334 g/mol. The lowest BCUT2D eigenvalue weighted by Crippen LogP contribution is -2.41. The predicted octanol–water partition coefficient (Wildman–Crippen LogP) is 1.93. The highest BCUT2D eigenvalue weighted by atomic mass is 32.1. The summed E-state index contributed by atoms with van der Waals surface area (Å²) in [5, 5.41) is 16.0. The van der Waals surface area contributed by atoms with Gasteiger partial charge in [-0.3, -0.25) is 9.69 Å². The lowest BCUT2D eigenvalue weighted by atomic mass is 9.89. The fourth-order valence-corrected chi connectivity index (χ4v) is 5.02. The second-order valence-corrected chi connectivity index (χ2v) is 8.48. The maximum absolute atomic E-state index is 12.5. The molecule has 3 aliphatic rings. The van der Waals surface area contributed by atoms with Gasteiger partial charge in [-0.15, -0.1) is 10.2 Å². The molecule has 1 N–H and O–H groups in total. The quantitative estimate of drug-likeness (QED) is 0.908. The molecule has 25 heavy (non-hydrogen) atoms. The fraction of sp³-hybridized carbons (Fsp3) is 0.611. The second-order valence-electron chi connectivity index (χ2n) is 7.70. The summed E-state index contributed by atoms with van der Waals surface area (Å²) in [6.07, 6.45) is 4.34. The Bertz CT molecular complexity index is 767. The minimum absolute atomic E-state index is 0.0463. The van der Waals surface area contributed by atoms with Crippen molar-refractivity contribution < 1.29 is 4.79 Å². The minimum Gasteiger partial charge on any atom is -0.347 e. The Balaban J connectivity index is 1.28. The van der Waals surface area contributed by atoms with Crippen molar-refractivity contribution in [3.63, 3.8) is 0 Å². The molecule has 2 fully saturated rings. The monoisotopic (exact) mass is 357 g/mol. The Morgan fingerprint density at radius 2 is 2.12 bits per heavy atom. The largest absolute Gasteiger partial charge is 0.347 e. The van der Waals surface area contributed by atoms with E-state index in [0.717, 1.165) is 51.3 Å². The minimum atomic E-state index is -0.0463. The number of thiophene rings is 1. The summed E-state index contributed by atoms with van der Waals surface area (Å²) >= 11 is 1.76. The first kappa shape index (κ1) is 15.5. The summed E-state index contributed by atoms with van der Waals surface area (Å²) in [6.45, 7) is 4.13. The lowest BCUT2D eigenvalue weighted by Gasteiger charge is -2.28. The van der Waals surface area contributed by atoms with Gasteiger partial charge in [0.1, 0.15) is 5.82 Å². The second kappa shape index (κ2) is 6.21. The van der Waals surface area contributed by atoms with Gasteiger partial charge < -0.3 is 9.88 Å². The number of nitrogens with zero attached hydrogens (tertiary/aromatic N) is 4. The number of amides is 1. The summed E-state index contributed by atoms with van der Waals surface area (Å²) in [5.41, 5.74) is 1.41. The van der Waals surface area contributed by atoms with Crippen LogP contribution in [0.2, 0.25) is 0 Å². The third-order valence-electron chi connectivity index (χ3n) is 5.97. The summed E-state index contributed by atoms with van der Waals surface area (Å²) < 4.78 is 2.07. The van der Waals surface area contributed by atoms with Gasteiger partial charge >= 0.3 is 0 Å². The van der Waals surface area contributed by atoms with E-state index in [2.05, 4.69) is 41.8 Å². The molecule has 132 valence electrons. The number of likely N-dealkylation sites (tertiary alicyclic amines) is 1. The molecule has 0 radical (unpaired) electrons. The molecule has 1 saturated carbocycles. The van der Waals surface area contributed by atoms with Crippen LogP contribution < -0.4 is 5.32 Å². The Hall–Kier alpha value is -1.73. The highest BCUT2D eigenvalue weighted by Gasteiger charge is 2.39. The number of fused-ring (bicyclic) bond motifs is 2. The van der Waals surface area contributed by atoms with Gasteiger partial charge in [0.15, 0.2) is 0 Å². The molecule has 2 aromatic heterocycles. The topological polar surface area (TPSA) is 63.1 Å². The fourth-order valence-electron chi connectivity index (χ4n) is 4.36. The first-order valence-corrected chi connectivity index (χ1v) is 10.2. The van der Waals surface area contributed by atoms with E-state index in [9.17, 15) is 4.79 Å². The van der Waals surface area contributed by atoms with Crippen LogP contribution in [0.4, 0.5) is 0 Å². The maximum atomic E-state index is 12.5. The number of hydrogen-bond acceptors (Lipinski definition) is 5. The summed E-state index contributed by atoms with van der Waals surface area (Å²) in [6, 6.07) is 2.55. The number of aromatic nitrogens is 3. The van der Waals surface area contributed by atoms with E-state index >= 15 is 0 Å². The zero-order chi connectivity index (χ0) is 16.8. The van der Waals surface area contributed by atoms with E-state index in [1.54, 1.807) is 11.3 Å². The Morgan fingerprint density at radius 1 is 1.24 bits per heavy atom. The number of hydrogen-bond donors (Lipinski definition) is 1. The van der Waals surface area contributed by atoms with Crippen LogP contribution in [0.25, 0.3) is 0 Å². The number of carbonyl (C=O) groups is 1. The van der Waals surface area contributed by atoms with Crippen molar-refractivity contribution in [2.24, 2.45) is 11.8 Å². The van der Waals surface area contributed by atoms with E-state index in [4.69, 9.17) is 0 Å². The van der Waals surface area contributed by atoms with Crippen LogP contribution in [0.1, 0.15) is 41.3 Å². The van der Waals surface area contributed by atoms with Crippen molar-refractivity contribution in [3.05, 3.63) is 34.0 Å². The molecule has 2 unspecified atom stereocenters. The van der Waals surface area contributed by atoms with Gasteiger partial charge in [0.25, 0.3) is 5.91 Å². The van der Waals surface area contributed by atoms with Crippen molar-refractivity contribution in [1.29, 1.82) is 0 Å². The summed E-state index contributed by atoms with van der Waals surface area (Å²) in [5.74, 6) is 2.68. The molecule has 7 heteroatoms.